The number of ether oxygens (including phenoxy) is 2. The van der Waals surface area contributed by atoms with Crippen molar-refractivity contribution < 1.29 is 19.1 Å². The van der Waals surface area contributed by atoms with Crippen LogP contribution in [0.15, 0.2) is 60.7 Å². The van der Waals surface area contributed by atoms with Crippen molar-refractivity contribution in [2.75, 3.05) is 6.61 Å². The topological polar surface area (TPSA) is 64.6 Å². The number of amides is 2. The molecule has 1 heterocycles. The van der Waals surface area contributed by atoms with Crippen LogP contribution in [-0.2, 0) is 32.3 Å². The molecule has 1 aliphatic rings. The second-order valence-electron chi connectivity index (χ2n) is 6.48. The summed E-state index contributed by atoms with van der Waals surface area (Å²) in [5, 5.41) is 2.35. The zero-order chi connectivity index (χ0) is 18.2. The number of hydrogen-bond donors (Lipinski definition) is 1. The highest BCUT2D eigenvalue weighted by molar-refractivity contribution is 5.97. The van der Waals surface area contributed by atoms with Crippen LogP contribution in [0, 0.1) is 5.92 Å². The minimum absolute atomic E-state index is 0.171. The molecule has 0 bridgehead atoms. The normalized spacial score (nSPS) is 16.3. The van der Waals surface area contributed by atoms with Gasteiger partial charge in [-0.2, -0.15) is 0 Å². The molecule has 136 valence electrons. The third kappa shape index (κ3) is 5.51. The summed E-state index contributed by atoms with van der Waals surface area (Å²) in [5.41, 5.74) is 2.12. The fraction of sp³-hybridized carbons (Fsp3) is 0.333. The maximum absolute atomic E-state index is 11.7. The molecule has 1 atom stereocenters. The first kappa shape index (κ1) is 18.3. The molecular formula is C21H23NO4. The van der Waals surface area contributed by atoms with Gasteiger partial charge in [-0.1, -0.05) is 60.7 Å². The first-order valence-corrected chi connectivity index (χ1v) is 8.80. The van der Waals surface area contributed by atoms with Crippen molar-refractivity contribution in [3.8, 4) is 0 Å². The van der Waals surface area contributed by atoms with Gasteiger partial charge in [0.05, 0.1) is 25.9 Å². The molecule has 26 heavy (non-hydrogen) atoms. The van der Waals surface area contributed by atoms with Crippen molar-refractivity contribution in [1.29, 1.82) is 0 Å². The highest BCUT2D eigenvalue weighted by Gasteiger charge is 2.32. The van der Waals surface area contributed by atoms with Crippen molar-refractivity contribution in [2.24, 2.45) is 5.92 Å². The monoisotopic (exact) mass is 353 g/mol. The Morgan fingerprint density at radius 2 is 1.38 bits per heavy atom. The van der Waals surface area contributed by atoms with Gasteiger partial charge in [0, 0.05) is 18.8 Å². The Labute approximate surface area is 153 Å². The molecule has 0 saturated carbocycles. The third-order valence-electron chi connectivity index (χ3n) is 4.40. The molecule has 2 aromatic carbocycles. The maximum atomic E-state index is 11.7. The summed E-state index contributed by atoms with van der Waals surface area (Å²) in [6.07, 6.45) is 0.244. The van der Waals surface area contributed by atoms with Crippen LogP contribution in [0.3, 0.4) is 0 Å². The molecule has 1 unspecified atom stereocenters. The molecule has 0 spiro atoms. The van der Waals surface area contributed by atoms with E-state index in [-0.39, 0.29) is 36.7 Å². The highest BCUT2D eigenvalue weighted by Crippen LogP contribution is 2.22. The molecule has 5 heteroatoms. The van der Waals surface area contributed by atoms with Gasteiger partial charge < -0.3 is 9.47 Å². The smallest absolute Gasteiger partial charge is 0.226 e. The molecular weight excluding hydrogens is 330 g/mol. The van der Waals surface area contributed by atoms with Crippen LogP contribution in [0.25, 0.3) is 0 Å². The molecule has 2 amide bonds. The van der Waals surface area contributed by atoms with Gasteiger partial charge in [-0.05, 0) is 11.1 Å². The summed E-state index contributed by atoms with van der Waals surface area (Å²) >= 11 is 0. The first-order chi connectivity index (χ1) is 12.7. The molecule has 5 nitrogen and oxygen atoms in total. The van der Waals surface area contributed by atoms with E-state index in [2.05, 4.69) is 5.32 Å². The molecule has 3 rings (SSSR count). The predicted octanol–water partition coefficient (Wildman–Crippen LogP) is 2.84. The molecule has 1 saturated heterocycles. The Balaban J connectivity index is 1.60. The van der Waals surface area contributed by atoms with Gasteiger partial charge in [-0.25, -0.2) is 0 Å². The lowest BCUT2D eigenvalue weighted by molar-refractivity contribution is -0.139. The van der Waals surface area contributed by atoms with Gasteiger partial charge in [0.15, 0.2) is 0 Å². The van der Waals surface area contributed by atoms with E-state index in [1.807, 2.05) is 60.7 Å². The van der Waals surface area contributed by atoms with Crippen LogP contribution < -0.4 is 5.32 Å². The second kappa shape index (κ2) is 9.27. The number of piperidine rings is 1. The molecule has 1 aliphatic heterocycles. The van der Waals surface area contributed by atoms with Crippen LogP contribution in [0.2, 0.25) is 0 Å². The summed E-state index contributed by atoms with van der Waals surface area (Å²) < 4.78 is 11.9. The molecule has 0 aromatic heterocycles. The van der Waals surface area contributed by atoms with Crippen LogP contribution >= 0.6 is 0 Å². The van der Waals surface area contributed by atoms with E-state index in [0.717, 1.165) is 11.1 Å². The van der Waals surface area contributed by atoms with E-state index in [1.165, 1.54) is 0 Å². The van der Waals surface area contributed by atoms with Gasteiger partial charge in [-0.3, -0.25) is 14.9 Å². The highest BCUT2D eigenvalue weighted by atomic mass is 16.5. The Bertz CT molecular complexity index is 701. The van der Waals surface area contributed by atoms with Crippen LogP contribution in [0.4, 0.5) is 0 Å². The van der Waals surface area contributed by atoms with E-state index in [9.17, 15) is 9.59 Å². The van der Waals surface area contributed by atoms with Crippen molar-refractivity contribution in [2.45, 2.75) is 32.2 Å². The Hall–Kier alpha value is -2.50. The lowest BCUT2D eigenvalue weighted by atomic mass is 9.91. The maximum Gasteiger partial charge on any atom is 0.226 e. The lowest BCUT2D eigenvalue weighted by Crippen LogP contribution is -2.44. The quantitative estimate of drug-likeness (QED) is 0.741. The zero-order valence-corrected chi connectivity index (χ0v) is 14.6. The van der Waals surface area contributed by atoms with E-state index in [1.54, 1.807) is 0 Å². The van der Waals surface area contributed by atoms with Crippen molar-refractivity contribution >= 4 is 11.8 Å². The van der Waals surface area contributed by atoms with Crippen molar-refractivity contribution in [3.05, 3.63) is 71.8 Å². The number of rotatable bonds is 8. The van der Waals surface area contributed by atoms with E-state index >= 15 is 0 Å². The Morgan fingerprint density at radius 3 is 1.96 bits per heavy atom. The molecule has 0 aliphatic carbocycles. The fourth-order valence-corrected chi connectivity index (χ4v) is 3.03. The van der Waals surface area contributed by atoms with E-state index in [0.29, 0.717) is 19.8 Å². The number of nitrogens with one attached hydrogen (secondary N) is 1. The second-order valence-corrected chi connectivity index (χ2v) is 6.48. The van der Waals surface area contributed by atoms with E-state index < -0.39 is 0 Å². The number of benzene rings is 2. The number of hydrogen-bond acceptors (Lipinski definition) is 4. The van der Waals surface area contributed by atoms with E-state index in [4.69, 9.17) is 9.47 Å². The largest absolute Gasteiger partial charge is 0.374 e. The predicted molar refractivity (Wildman–Crippen MR) is 97.0 cm³/mol. The summed E-state index contributed by atoms with van der Waals surface area (Å²) in [5.74, 6) is -0.666. The number of carbonyl (C=O) groups excluding carboxylic acids is 2. The van der Waals surface area contributed by atoms with Gasteiger partial charge in [-0.15, -0.1) is 0 Å². The first-order valence-electron chi connectivity index (χ1n) is 8.80. The van der Waals surface area contributed by atoms with Gasteiger partial charge in [0.25, 0.3) is 0 Å². The van der Waals surface area contributed by atoms with Crippen LogP contribution in [-0.4, -0.2) is 24.5 Å². The van der Waals surface area contributed by atoms with Crippen molar-refractivity contribution in [1.82, 2.24) is 5.32 Å². The number of imide groups is 1. The standard InChI is InChI=1S/C21H23NO4/c23-20-11-18(12-21(24)22-20)19(26-14-17-9-5-2-6-10-17)15-25-13-16-7-3-1-4-8-16/h1-10,18-19H,11-15H2,(H,22,23,24). The minimum atomic E-state index is -0.311. The SMILES string of the molecule is O=C1CC(C(COCc2ccccc2)OCc2ccccc2)CC(=O)N1. The summed E-state index contributed by atoms with van der Waals surface area (Å²) in [4.78, 5) is 23.5. The summed E-state index contributed by atoms with van der Waals surface area (Å²) in [6, 6.07) is 19.7. The third-order valence-corrected chi connectivity index (χ3v) is 4.40. The lowest BCUT2D eigenvalue weighted by Gasteiger charge is -2.29. The van der Waals surface area contributed by atoms with Gasteiger partial charge in [0.2, 0.25) is 11.8 Å². The van der Waals surface area contributed by atoms with Crippen molar-refractivity contribution in [3.63, 3.8) is 0 Å². The Kier molecular flexibility index (Phi) is 6.52. The number of carbonyl (C=O) groups is 2. The fourth-order valence-electron chi connectivity index (χ4n) is 3.03. The van der Waals surface area contributed by atoms with Gasteiger partial charge in [0.1, 0.15) is 0 Å². The molecule has 0 radical (unpaired) electrons. The molecule has 2 aromatic rings. The van der Waals surface area contributed by atoms with Crippen LogP contribution in [0.5, 0.6) is 0 Å². The van der Waals surface area contributed by atoms with Crippen LogP contribution in [0.1, 0.15) is 24.0 Å². The molecule has 1 N–H and O–H groups in total. The Morgan fingerprint density at radius 1 is 0.846 bits per heavy atom. The minimum Gasteiger partial charge on any atom is -0.374 e. The average Bonchev–Trinajstić information content (AvgIpc) is 2.65. The summed E-state index contributed by atoms with van der Waals surface area (Å²) in [6.45, 7) is 1.23. The zero-order valence-electron chi connectivity index (χ0n) is 14.6. The molecule has 1 fully saturated rings. The summed E-state index contributed by atoms with van der Waals surface area (Å²) in [7, 11) is 0. The average molecular weight is 353 g/mol. The van der Waals surface area contributed by atoms with Gasteiger partial charge >= 0.3 is 0 Å².